The van der Waals surface area contributed by atoms with E-state index in [0.717, 1.165) is 25.3 Å². The zero-order chi connectivity index (χ0) is 21.0. The van der Waals surface area contributed by atoms with Crippen LogP contribution in [0.2, 0.25) is 0 Å². The summed E-state index contributed by atoms with van der Waals surface area (Å²) in [5, 5.41) is 5.21. The number of halogens is 2. The highest BCUT2D eigenvalue weighted by Gasteiger charge is 2.17. The molecule has 2 nitrogen and oxygen atoms in total. The lowest BCUT2D eigenvalue weighted by atomic mass is 10.1. The zero-order valence-electron chi connectivity index (χ0n) is 18.5. The highest BCUT2D eigenvalue weighted by atomic mass is 35.5. The maximum absolute atomic E-state index is 5.77. The van der Waals surface area contributed by atoms with Crippen molar-refractivity contribution in [3.8, 4) is 0 Å². The topological polar surface area (TPSA) is 29.3 Å². The van der Waals surface area contributed by atoms with Gasteiger partial charge < -0.3 is 5.73 Å². The van der Waals surface area contributed by atoms with Gasteiger partial charge in [0.15, 0.2) is 0 Å². The van der Waals surface area contributed by atoms with Crippen molar-refractivity contribution < 1.29 is 0 Å². The Morgan fingerprint density at radius 2 is 1.48 bits per heavy atom. The first-order valence-electron chi connectivity index (χ1n) is 11.0. The van der Waals surface area contributed by atoms with Crippen LogP contribution in [-0.4, -0.2) is 29.4 Å². The second-order valence-corrected chi connectivity index (χ2v) is 10.1. The van der Waals surface area contributed by atoms with Crippen LogP contribution in [-0.2, 0) is 0 Å². The van der Waals surface area contributed by atoms with Crippen LogP contribution in [0.4, 0.5) is 5.69 Å². The molecule has 2 N–H and O–H groups in total. The van der Waals surface area contributed by atoms with E-state index in [0.29, 0.717) is 0 Å². The smallest absolute Gasteiger partial charge is 0.0314 e. The standard InChI is InChI=1S/C28H28N2S.2ClH/c29-26-13-11-22(12-14-26)6-5-17-30-18-15-27(16-19-30)31-21-25-9-2-1-7-23(25)20-24-8-3-4-10-28(24)31;;/h1-14,20-21H,15-19,29H2;2*1H/b6-5+;;. The number of hydrogen-bond donors (Lipinski definition) is 1. The number of likely N-dealkylation sites (tertiary alicyclic amines) is 1. The third kappa shape index (κ3) is 5.99. The van der Waals surface area contributed by atoms with Crippen molar-refractivity contribution in [2.75, 3.05) is 25.4 Å². The lowest BCUT2D eigenvalue weighted by Gasteiger charge is -2.29. The summed E-state index contributed by atoms with van der Waals surface area (Å²) in [5.41, 5.74) is 9.17. The van der Waals surface area contributed by atoms with Crippen molar-refractivity contribution in [1.82, 2.24) is 4.90 Å². The van der Waals surface area contributed by atoms with Gasteiger partial charge in [-0.1, -0.05) is 66.7 Å². The fourth-order valence-corrected chi connectivity index (χ4v) is 6.60. The maximum atomic E-state index is 5.77. The molecule has 2 aliphatic heterocycles. The fraction of sp³-hybridized carbons (Fsp3) is 0.179. The normalized spacial score (nSPS) is 17.5. The van der Waals surface area contributed by atoms with Gasteiger partial charge in [-0.3, -0.25) is 4.90 Å². The Kier molecular flexibility index (Phi) is 8.99. The van der Waals surface area contributed by atoms with Crippen molar-refractivity contribution >= 4 is 63.4 Å². The van der Waals surface area contributed by atoms with Gasteiger partial charge in [0.2, 0.25) is 0 Å². The van der Waals surface area contributed by atoms with E-state index in [9.17, 15) is 0 Å². The van der Waals surface area contributed by atoms with Gasteiger partial charge in [-0.15, -0.1) is 35.3 Å². The number of anilines is 1. The van der Waals surface area contributed by atoms with E-state index in [1.807, 2.05) is 12.1 Å². The summed E-state index contributed by atoms with van der Waals surface area (Å²) >= 11 is 0. The largest absolute Gasteiger partial charge is 0.399 e. The number of nitrogens with zero attached hydrogens (tertiary/aromatic N) is 1. The number of benzene rings is 3. The molecule has 5 heteroatoms. The Morgan fingerprint density at radius 3 is 2.24 bits per heavy atom. The van der Waals surface area contributed by atoms with Crippen molar-refractivity contribution in [3.63, 3.8) is 0 Å². The van der Waals surface area contributed by atoms with Gasteiger partial charge in [0, 0.05) is 30.2 Å². The lowest BCUT2D eigenvalue weighted by Crippen LogP contribution is -2.34. The molecule has 3 aromatic rings. The molecule has 0 bridgehead atoms. The molecule has 2 aliphatic rings. The van der Waals surface area contributed by atoms with E-state index in [4.69, 9.17) is 5.73 Å². The Hall–Kier alpha value is -2.30. The molecule has 0 spiro atoms. The van der Waals surface area contributed by atoms with Gasteiger partial charge >= 0.3 is 0 Å². The van der Waals surface area contributed by atoms with Crippen molar-refractivity contribution in [1.29, 1.82) is 0 Å². The average Bonchev–Trinajstić information content (AvgIpc) is 2.98. The third-order valence-electron chi connectivity index (χ3n) is 6.04. The van der Waals surface area contributed by atoms with Crippen molar-refractivity contribution in [3.05, 3.63) is 100 Å². The molecule has 0 aliphatic carbocycles. The fourth-order valence-electron chi connectivity index (χ4n) is 4.30. The molecule has 1 atom stereocenters. The summed E-state index contributed by atoms with van der Waals surface area (Å²) in [7, 11) is 0.0665. The van der Waals surface area contributed by atoms with Gasteiger partial charge in [-0.2, -0.15) is 0 Å². The van der Waals surface area contributed by atoms with Crippen molar-refractivity contribution in [2.24, 2.45) is 0 Å². The predicted molar refractivity (Wildman–Crippen MR) is 151 cm³/mol. The highest BCUT2D eigenvalue weighted by Crippen LogP contribution is 2.36. The summed E-state index contributed by atoms with van der Waals surface area (Å²) in [4.78, 5) is 5.73. The van der Waals surface area contributed by atoms with Crippen LogP contribution in [0, 0.1) is 0 Å². The first-order chi connectivity index (χ1) is 15.3. The second-order valence-electron chi connectivity index (χ2n) is 8.18. The van der Waals surface area contributed by atoms with Gasteiger partial charge in [0.05, 0.1) is 0 Å². The highest BCUT2D eigenvalue weighted by molar-refractivity contribution is 8.22. The summed E-state index contributed by atoms with van der Waals surface area (Å²) < 4.78 is 0. The van der Waals surface area contributed by atoms with Crippen LogP contribution in [0.5, 0.6) is 0 Å². The van der Waals surface area contributed by atoms with Gasteiger partial charge in [-0.05, 0) is 69.0 Å². The molecule has 1 unspecified atom stereocenters. The summed E-state index contributed by atoms with van der Waals surface area (Å²) in [6, 6.07) is 25.8. The number of nitrogens with two attached hydrogens (primary N) is 1. The molecule has 0 saturated carbocycles. The van der Waals surface area contributed by atoms with E-state index in [-0.39, 0.29) is 35.3 Å². The first kappa shape index (κ1) is 25.3. The Balaban J connectivity index is 0.00000153. The molecule has 0 radical (unpaired) electrons. The van der Waals surface area contributed by atoms with E-state index >= 15 is 0 Å². The Labute approximate surface area is 211 Å². The lowest BCUT2D eigenvalue weighted by molar-refractivity contribution is 0.306. The molecule has 0 amide bonds. The monoisotopic (exact) mass is 496 g/mol. The Morgan fingerprint density at radius 1 is 0.818 bits per heavy atom. The molecular weight excluding hydrogens is 467 g/mol. The summed E-state index contributed by atoms with van der Waals surface area (Å²) in [6.07, 6.45) is 9.17. The quantitative estimate of drug-likeness (QED) is 0.393. The van der Waals surface area contributed by atoms with E-state index in [2.05, 4.69) is 89.2 Å². The predicted octanol–water partition coefficient (Wildman–Crippen LogP) is 5.30. The number of piperidine rings is 1. The average molecular weight is 498 g/mol. The van der Waals surface area contributed by atoms with Gasteiger partial charge in [-0.25, -0.2) is 0 Å². The zero-order valence-corrected chi connectivity index (χ0v) is 21.0. The number of hydrogen-bond acceptors (Lipinski definition) is 2. The summed E-state index contributed by atoms with van der Waals surface area (Å²) in [5.74, 6) is 0. The van der Waals surface area contributed by atoms with Crippen LogP contribution < -0.4 is 16.2 Å². The molecule has 3 aromatic carbocycles. The SMILES string of the molecule is Cl.Cl.Nc1ccc(/C=C/CN2CCC(=S3C=c4ccccc4=Cc4ccccc43)CC2)cc1. The Bertz CT molecular complexity index is 1270. The van der Waals surface area contributed by atoms with Crippen molar-refractivity contribution in [2.45, 2.75) is 17.7 Å². The van der Waals surface area contributed by atoms with Crippen LogP contribution in [0.25, 0.3) is 17.6 Å². The van der Waals surface area contributed by atoms with Crippen LogP contribution in [0.15, 0.2) is 83.8 Å². The minimum atomic E-state index is 0. The second kappa shape index (κ2) is 11.7. The molecule has 33 heavy (non-hydrogen) atoms. The van der Waals surface area contributed by atoms with Gasteiger partial charge in [0.25, 0.3) is 0 Å². The van der Waals surface area contributed by atoms with E-state index < -0.39 is 0 Å². The number of rotatable bonds is 3. The third-order valence-corrected chi connectivity index (χ3v) is 8.41. The number of nitrogen functional groups attached to an aromatic ring is 1. The molecular formula is C28H30Cl2N2S. The summed E-state index contributed by atoms with van der Waals surface area (Å²) in [6.45, 7) is 3.26. The molecule has 2 heterocycles. The first-order valence-corrected chi connectivity index (χ1v) is 12.2. The van der Waals surface area contributed by atoms with Crippen LogP contribution in [0.1, 0.15) is 24.0 Å². The molecule has 1 fully saturated rings. The maximum Gasteiger partial charge on any atom is 0.0314 e. The van der Waals surface area contributed by atoms with E-state index in [1.54, 1.807) is 4.86 Å². The van der Waals surface area contributed by atoms with Crippen LogP contribution >= 0.6 is 35.3 Å². The minimum Gasteiger partial charge on any atom is -0.399 e. The van der Waals surface area contributed by atoms with Gasteiger partial charge in [0.1, 0.15) is 0 Å². The number of fused-ring (bicyclic) bond motifs is 2. The molecule has 1 saturated heterocycles. The molecule has 172 valence electrons. The van der Waals surface area contributed by atoms with Crippen LogP contribution in [0.3, 0.4) is 0 Å². The minimum absolute atomic E-state index is 0. The molecule has 0 aromatic heterocycles. The molecule has 5 rings (SSSR count). The van der Waals surface area contributed by atoms with E-state index in [1.165, 1.54) is 39.3 Å².